The summed E-state index contributed by atoms with van der Waals surface area (Å²) < 4.78 is 1.29. The fourth-order valence-corrected chi connectivity index (χ4v) is 7.85. The van der Waals surface area contributed by atoms with Gasteiger partial charge in [-0.2, -0.15) is 10.2 Å². The highest BCUT2D eigenvalue weighted by molar-refractivity contribution is 7.17. The van der Waals surface area contributed by atoms with E-state index in [2.05, 4.69) is 52.2 Å². The molecule has 33 heavy (non-hydrogen) atoms. The highest BCUT2D eigenvalue weighted by atomic mass is 32.1. The van der Waals surface area contributed by atoms with Crippen molar-refractivity contribution in [1.29, 1.82) is 5.26 Å². The van der Waals surface area contributed by atoms with Crippen molar-refractivity contribution in [3.63, 3.8) is 0 Å². The Morgan fingerprint density at radius 1 is 1.21 bits per heavy atom. The van der Waals surface area contributed by atoms with Crippen LogP contribution in [0.3, 0.4) is 0 Å². The first-order chi connectivity index (χ1) is 16.0. The van der Waals surface area contributed by atoms with E-state index in [4.69, 9.17) is 10.7 Å². The number of aromatic nitrogens is 2. The van der Waals surface area contributed by atoms with Crippen molar-refractivity contribution in [3.05, 3.63) is 46.5 Å². The molecule has 5 atom stereocenters. The molecule has 3 aromatic rings. The summed E-state index contributed by atoms with van der Waals surface area (Å²) in [6, 6.07) is 9.19. The maximum absolute atomic E-state index is 9.62. The topological polar surface area (TPSA) is 99.7 Å². The van der Waals surface area contributed by atoms with Gasteiger partial charge in [0.25, 0.3) is 0 Å². The lowest BCUT2D eigenvalue weighted by Gasteiger charge is -2.59. The Morgan fingerprint density at radius 3 is 2.82 bits per heavy atom. The van der Waals surface area contributed by atoms with Gasteiger partial charge in [-0.15, -0.1) is 11.3 Å². The summed E-state index contributed by atoms with van der Waals surface area (Å²) in [5.41, 5.74) is 9.82. The van der Waals surface area contributed by atoms with Crippen molar-refractivity contribution >= 4 is 33.2 Å². The number of aryl methyl sites for hydroxylation is 1. The Kier molecular flexibility index (Phi) is 5.04. The minimum Gasteiger partial charge on any atom is -0.368 e. The van der Waals surface area contributed by atoms with Gasteiger partial charge >= 0.3 is 0 Å². The summed E-state index contributed by atoms with van der Waals surface area (Å²) in [5.74, 6) is 3.35. The minimum atomic E-state index is 0.297. The first-order valence-corrected chi connectivity index (χ1v) is 12.9. The number of nitrogens with one attached hydrogen (secondary N) is 2. The number of hydrogen-bond donors (Lipinski definition) is 3. The Labute approximate surface area is 198 Å². The lowest BCUT2D eigenvalue weighted by molar-refractivity contribution is -0.0591. The van der Waals surface area contributed by atoms with Gasteiger partial charge in [0.05, 0.1) is 6.20 Å². The van der Waals surface area contributed by atoms with Gasteiger partial charge in [0.1, 0.15) is 17.5 Å². The molecule has 3 unspecified atom stereocenters. The van der Waals surface area contributed by atoms with Crippen molar-refractivity contribution in [2.45, 2.75) is 51.6 Å². The molecule has 4 N–H and O–H groups in total. The standard InChI is InChI=1S/C26H30N6S/c1-15-2-3-22-21(4-15)20(13-33-22)12-30-25-29-11-19(10-27)24(32-25)31-14-26-7-16-5-17(8-26)23(28)18(6-16)9-26/h2-4,11,13,16-18,23H,5-9,12,14,28H2,1H3,(H2,29,30,31,32)/t16?,17-,18+,23?,26?. The number of thiophene rings is 1. The highest BCUT2D eigenvalue weighted by Crippen LogP contribution is 2.59. The molecule has 1 aromatic carbocycles. The summed E-state index contributed by atoms with van der Waals surface area (Å²) in [5, 5.41) is 20.0. The Morgan fingerprint density at radius 2 is 2.03 bits per heavy atom. The first kappa shape index (κ1) is 20.9. The van der Waals surface area contributed by atoms with Crippen LogP contribution < -0.4 is 16.4 Å². The van der Waals surface area contributed by atoms with E-state index in [9.17, 15) is 5.26 Å². The molecule has 7 heteroatoms. The summed E-state index contributed by atoms with van der Waals surface area (Å²) in [7, 11) is 0. The molecule has 2 aromatic heterocycles. The number of anilines is 2. The van der Waals surface area contributed by atoms with Crippen LogP contribution in [0.4, 0.5) is 11.8 Å². The predicted octanol–water partition coefficient (Wildman–Crippen LogP) is 5.05. The largest absolute Gasteiger partial charge is 0.368 e. The summed E-state index contributed by atoms with van der Waals surface area (Å²) >= 11 is 1.76. The average molecular weight is 459 g/mol. The van der Waals surface area contributed by atoms with Crippen LogP contribution >= 0.6 is 11.3 Å². The van der Waals surface area contributed by atoms with E-state index in [1.807, 2.05) is 0 Å². The molecule has 0 spiro atoms. The molecule has 0 aliphatic heterocycles. The van der Waals surface area contributed by atoms with E-state index in [1.165, 1.54) is 53.3 Å². The maximum Gasteiger partial charge on any atom is 0.224 e. The number of nitrogens with zero attached hydrogens (tertiary/aromatic N) is 3. The van der Waals surface area contributed by atoms with Crippen molar-refractivity contribution in [2.24, 2.45) is 28.9 Å². The minimum absolute atomic E-state index is 0.297. The van der Waals surface area contributed by atoms with Crippen LogP contribution in [0.5, 0.6) is 0 Å². The van der Waals surface area contributed by atoms with E-state index in [1.54, 1.807) is 17.5 Å². The molecule has 4 fully saturated rings. The molecule has 170 valence electrons. The summed E-state index contributed by atoms with van der Waals surface area (Å²) in [6.45, 7) is 3.64. The van der Waals surface area contributed by atoms with Gasteiger partial charge in [0.15, 0.2) is 0 Å². The van der Waals surface area contributed by atoms with Gasteiger partial charge in [0, 0.05) is 23.8 Å². The van der Waals surface area contributed by atoms with Gasteiger partial charge in [-0.1, -0.05) is 17.7 Å². The second-order valence-electron chi connectivity index (χ2n) is 10.6. The Bertz CT molecular complexity index is 1230. The molecule has 0 saturated heterocycles. The fourth-order valence-electron chi connectivity index (χ4n) is 6.91. The van der Waals surface area contributed by atoms with E-state index >= 15 is 0 Å². The first-order valence-electron chi connectivity index (χ1n) is 12.0. The number of nitriles is 1. The second kappa shape index (κ2) is 7.96. The number of benzene rings is 1. The quantitative estimate of drug-likeness (QED) is 0.478. The number of hydrogen-bond acceptors (Lipinski definition) is 7. The van der Waals surface area contributed by atoms with Crippen LogP contribution in [0.25, 0.3) is 10.1 Å². The molecule has 4 bridgehead atoms. The van der Waals surface area contributed by atoms with Crippen molar-refractivity contribution in [1.82, 2.24) is 9.97 Å². The van der Waals surface area contributed by atoms with Crippen LogP contribution in [0, 0.1) is 41.4 Å². The monoisotopic (exact) mass is 458 g/mol. The summed E-state index contributed by atoms with van der Waals surface area (Å²) in [6.07, 6.45) is 7.93. The van der Waals surface area contributed by atoms with E-state index in [-0.39, 0.29) is 0 Å². The van der Waals surface area contributed by atoms with Crippen molar-refractivity contribution in [3.8, 4) is 6.07 Å². The van der Waals surface area contributed by atoms with Gasteiger partial charge < -0.3 is 16.4 Å². The van der Waals surface area contributed by atoms with Crippen LogP contribution in [0.15, 0.2) is 29.8 Å². The third-order valence-electron chi connectivity index (χ3n) is 8.26. The third-order valence-corrected chi connectivity index (χ3v) is 9.27. The average Bonchev–Trinajstić information content (AvgIpc) is 3.21. The van der Waals surface area contributed by atoms with Crippen LogP contribution in [-0.2, 0) is 6.54 Å². The summed E-state index contributed by atoms with van der Waals surface area (Å²) in [4.78, 5) is 9.09. The number of fused-ring (bicyclic) bond motifs is 1. The molecule has 7 rings (SSSR count). The molecule has 2 heterocycles. The third kappa shape index (κ3) is 3.75. The van der Waals surface area contributed by atoms with Crippen LogP contribution in [0.2, 0.25) is 0 Å². The van der Waals surface area contributed by atoms with E-state index in [0.717, 1.165) is 12.5 Å². The normalized spacial score (nSPS) is 29.8. The van der Waals surface area contributed by atoms with Gasteiger partial charge in [0.2, 0.25) is 5.95 Å². The lowest BCUT2D eigenvalue weighted by Crippen LogP contribution is -2.58. The van der Waals surface area contributed by atoms with Crippen LogP contribution in [0.1, 0.15) is 48.8 Å². The van der Waals surface area contributed by atoms with Gasteiger partial charge in [-0.05, 0) is 84.6 Å². The molecule has 0 amide bonds. The number of rotatable bonds is 6. The van der Waals surface area contributed by atoms with E-state index in [0.29, 0.717) is 47.2 Å². The Hall–Kier alpha value is -2.69. The molecule has 0 radical (unpaired) electrons. The smallest absolute Gasteiger partial charge is 0.224 e. The van der Waals surface area contributed by atoms with Crippen molar-refractivity contribution in [2.75, 3.05) is 17.2 Å². The highest BCUT2D eigenvalue weighted by Gasteiger charge is 2.54. The number of nitrogens with two attached hydrogens (primary N) is 1. The van der Waals surface area contributed by atoms with Gasteiger partial charge in [-0.3, -0.25) is 0 Å². The zero-order valence-corrected chi connectivity index (χ0v) is 19.8. The maximum atomic E-state index is 9.62. The zero-order chi connectivity index (χ0) is 22.6. The fraction of sp³-hybridized carbons (Fsp3) is 0.500. The lowest BCUT2D eigenvalue weighted by atomic mass is 9.48. The molecular formula is C26H30N6S. The predicted molar refractivity (Wildman–Crippen MR) is 133 cm³/mol. The second-order valence-corrected chi connectivity index (χ2v) is 11.5. The van der Waals surface area contributed by atoms with Crippen molar-refractivity contribution < 1.29 is 0 Å². The van der Waals surface area contributed by atoms with Crippen LogP contribution in [-0.4, -0.2) is 22.6 Å². The Balaban J connectivity index is 1.17. The molecular weight excluding hydrogens is 428 g/mol. The zero-order valence-electron chi connectivity index (χ0n) is 19.0. The SMILES string of the molecule is Cc1ccc2scc(CNc3ncc(C#N)c(NCC45CC6C[C@H](C4)C(N)[C@@H](C6)C5)n3)c2c1. The molecule has 4 aliphatic rings. The molecule has 6 nitrogen and oxygen atoms in total. The van der Waals surface area contributed by atoms with Gasteiger partial charge in [-0.25, -0.2) is 4.98 Å². The van der Waals surface area contributed by atoms with E-state index < -0.39 is 0 Å². The molecule has 4 saturated carbocycles. The molecule has 4 aliphatic carbocycles.